The van der Waals surface area contributed by atoms with Crippen molar-refractivity contribution < 1.29 is 9.26 Å². The van der Waals surface area contributed by atoms with Crippen LogP contribution in [0.4, 0.5) is 0 Å². The second-order valence-corrected chi connectivity index (χ2v) is 3.88. The van der Waals surface area contributed by atoms with E-state index in [0.717, 1.165) is 19.8 Å². The minimum absolute atomic E-state index is 0.588. The molecule has 0 fully saturated rings. The van der Waals surface area contributed by atoms with E-state index in [1.807, 2.05) is 0 Å². The second kappa shape index (κ2) is 6.53. The summed E-state index contributed by atoms with van der Waals surface area (Å²) < 4.78 is 10.3. The Morgan fingerprint density at radius 3 is 2.87 bits per heavy atom. The molecule has 1 heterocycles. The zero-order valence-electron chi connectivity index (χ0n) is 9.62. The van der Waals surface area contributed by atoms with E-state index in [1.165, 1.54) is 0 Å². The van der Waals surface area contributed by atoms with E-state index in [-0.39, 0.29) is 0 Å². The molecule has 1 rings (SSSR count). The molecule has 1 aromatic heterocycles. The van der Waals surface area contributed by atoms with Crippen LogP contribution in [0.1, 0.15) is 25.6 Å². The lowest BCUT2D eigenvalue weighted by Crippen LogP contribution is -2.20. The number of hydrogen-bond donors (Lipinski definition) is 1. The molecule has 0 aliphatic heterocycles. The first-order chi connectivity index (χ1) is 7.18. The van der Waals surface area contributed by atoms with E-state index < -0.39 is 0 Å². The van der Waals surface area contributed by atoms with E-state index in [0.29, 0.717) is 24.2 Å². The molecule has 5 heteroatoms. The summed E-state index contributed by atoms with van der Waals surface area (Å²) in [5.41, 5.74) is 0. The lowest BCUT2D eigenvalue weighted by molar-refractivity contribution is 0.111. The Morgan fingerprint density at radius 2 is 2.27 bits per heavy atom. The van der Waals surface area contributed by atoms with Gasteiger partial charge >= 0.3 is 0 Å². The highest BCUT2D eigenvalue weighted by atomic mass is 16.5. The number of nitrogens with zero attached hydrogens (tertiary/aromatic N) is 2. The van der Waals surface area contributed by atoms with Crippen LogP contribution in [0.25, 0.3) is 0 Å². The van der Waals surface area contributed by atoms with Crippen molar-refractivity contribution in [3.8, 4) is 0 Å². The van der Waals surface area contributed by atoms with Crippen LogP contribution in [0.3, 0.4) is 0 Å². The summed E-state index contributed by atoms with van der Waals surface area (Å²) in [5, 5.41) is 6.95. The summed E-state index contributed by atoms with van der Waals surface area (Å²) in [7, 11) is 0. The summed E-state index contributed by atoms with van der Waals surface area (Å²) in [5.74, 6) is 1.88. The molecule has 0 aliphatic rings. The molecule has 0 atom stereocenters. The molecule has 0 aliphatic carbocycles. The van der Waals surface area contributed by atoms with E-state index in [9.17, 15) is 0 Å². The fraction of sp³-hybridized carbons (Fsp3) is 0.800. The molecule has 0 spiro atoms. The Bertz CT molecular complexity index is 273. The minimum Gasteiger partial charge on any atom is -0.380 e. The first-order valence-electron chi connectivity index (χ1n) is 5.26. The van der Waals surface area contributed by atoms with Crippen molar-refractivity contribution in [2.75, 3.05) is 19.8 Å². The quantitative estimate of drug-likeness (QED) is 0.688. The number of hydrogen-bond acceptors (Lipinski definition) is 5. The van der Waals surface area contributed by atoms with Gasteiger partial charge in [0.1, 0.15) is 0 Å². The largest absolute Gasteiger partial charge is 0.380 e. The van der Waals surface area contributed by atoms with Gasteiger partial charge in [-0.2, -0.15) is 4.98 Å². The number of aromatic nitrogens is 2. The molecule has 0 amide bonds. The highest BCUT2D eigenvalue weighted by Gasteiger charge is 2.00. The van der Waals surface area contributed by atoms with Crippen molar-refractivity contribution in [3.63, 3.8) is 0 Å². The Kier molecular flexibility index (Phi) is 5.28. The van der Waals surface area contributed by atoms with Gasteiger partial charge in [-0.05, 0) is 5.92 Å². The van der Waals surface area contributed by atoms with Gasteiger partial charge in [0.2, 0.25) is 5.89 Å². The second-order valence-electron chi connectivity index (χ2n) is 3.88. The zero-order chi connectivity index (χ0) is 11.1. The van der Waals surface area contributed by atoms with Crippen LogP contribution >= 0.6 is 0 Å². The molecule has 0 unspecified atom stereocenters. The minimum atomic E-state index is 0.588. The summed E-state index contributed by atoms with van der Waals surface area (Å²) in [4.78, 5) is 4.08. The first kappa shape index (κ1) is 12.1. The van der Waals surface area contributed by atoms with Gasteiger partial charge < -0.3 is 14.6 Å². The third-order valence-corrected chi connectivity index (χ3v) is 1.73. The summed E-state index contributed by atoms with van der Waals surface area (Å²) >= 11 is 0. The number of nitrogens with one attached hydrogen (secondary N) is 1. The lowest BCUT2D eigenvalue weighted by Gasteiger charge is -2.06. The number of rotatable bonds is 7. The van der Waals surface area contributed by atoms with Crippen LogP contribution in [-0.2, 0) is 11.3 Å². The average molecular weight is 213 g/mol. The van der Waals surface area contributed by atoms with Gasteiger partial charge in [-0.15, -0.1) is 0 Å². The van der Waals surface area contributed by atoms with Gasteiger partial charge in [-0.25, -0.2) is 0 Å². The van der Waals surface area contributed by atoms with Crippen molar-refractivity contribution in [2.45, 2.75) is 27.3 Å². The van der Waals surface area contributed by atoms with Crippen molar-refractivity contribution in [2.24, 2.45) is 5.92 Å². The number of aryl methyl sites for hydroxylation is 1. The van der Waals surface area contributed by atoms with Gasteiger partial charge in [0.05, 0.1) is 13.2 Å². The van der Waals surface area contributed by atoms with Gasteiger partial charge in [0.15, 0.2) is 5.82 Å². The van der Waals surface area contributed by atoms with Crippen molar-refractivity contribution in [1.82, 2.24) is 15.5 Å². The molecule has 0 bridgehead atoms. The summed E-state index contributed by atoms with van der Waals surface area (Å²) in [6, 6.07) is 0. The molecule has 0 saturated heterocycles. The molecular formula is C10H19N3O2. The van der Waals surface area contributed by atoms with Gasteiger partial charge in [-0.3, -0.25) is 0 Å². The predicted molar refractivity (Wildman–Crippen MR) is 56.4 cm³/mol. The van der Waals surface area contributed by atoms with Crippen LogP contribution in [0, 0.1) is 12.8 Å². The molecular weight excluding hydrogens is 194 g/mol. The van der Waals surface area contributed by atoms with Crippen molar-refractivity contribution in [1.29, 1.82) is 0 Å². The van der Waals surface area contributed by atoms with E-state index in [1.54, 1.807) is 6.92 Å². The SMILES string of the molecule is Cc1nc(CNCCOCC(C)C)no1. The van der Waals surface area contributed by atoms with Crippen molar-refractivity contribution >= 4 is 0 Å². The summed E-state index contributed by atoms with van der Waals surface area (Å²) in [6.45, 7) is 9.01. The third kappa shape index (κ3) is 5.49. The Morgan fingerprint density at radius 1 is 1.47 bits per heavy atom. The molecule has 1 N–H and O–H groups in total. The van der Waals surface area contributed by atoms with Crippen LogP contribution in [-0.4, -0.2) is 29.9 Å². The highest BCUT2D eigenvalue weighted by Crippen LogP contribution is 1.94. The Hall–Kier alpha value is -0.940. The average Bonchev–Trinajstić information content (AvgIpc) is 2.57. The Labute approximate surface area is 90.2 Å². The number of ether oxygens (including phenoxy) is 1. The molecule has 1 aromatic rings. The maximum absolute atomic E-state index is 5.41. The van der Waals surface area contributed by atoms with Crippen LogP contribution in [0.5, 0.6) is 0 Å². The highest BCUT2D eigenvalue weighted by molar-refractivity contribution is 4.82. The lowest BCUT2D eigenvalue weighted by atomic mass is 10.2. The topological polar surface area (TPSA) is 60.2 Å². The maximum atomic E-state index is 5.41. The van der Waals surface area contributed by atoms with Gasteiger partial charge in [0.25, 0.3) is 0 Å². The zero-order valence-corrected chi connectivity index (χ0v) is 9.62. The van der Waals surface area contributed by atoms with Crippen LogP contribution in [0.15, 0.2) is 4.52 Å². The molecule has 0 saturated carbocycles. The van der Waals surface area contributed by atoms with E-state index in [4.69, 9.17) is 9.26 Å². The fourth-order valence-electron chi connectivity index (χ4n) is 1.08. The van der Waals surface area contributed by atoms with Gasteiger partial charge in [0, 0.05) is 20.1 Å². The van der Waals surface area contributed by atoms with Crippen LogP contribution < -0.4 is 5.32 Å². The molecule has 0 radical (unpaired) electrons. The normalized spacial score (nSPS) is 11.2. The predicted octanol–water partition coefficient (Wildman–Crippen LogP) is 1.14. The standard InChI is InChI=1S/C10H19N3O2/c1-8(2)7-14-5-4-11-6-10-12-9(3)15-13-10/h8,11H,4-7H2,1-3H3. The third-order valence-electron chi connectivity index (χ3n) is 1.73. The van der Waals surface area contributed by atoms with Gasteiger partial charge in [-0.1, -0.05) is 19.0 Å². The fourth-order valence-corrected chi connectivity index (χ4v) is 1.08. The summed E-state index contributed by atoms with van der Waals surface area (Å²) in [6.07, 6.45) is 0. The maximum Gasteiger partial charge on any atom is 0.223 e. The van der Waals surface area contributed by atoms with E-state index in [2.05, 4.69) is 29.3 Å². The monoisotopic (exact) mass is 213 g/mol. The first-order valence-corrected chi connectivity index (χ1v) is 5.26. The molecule has 86 valence electrons. The molecule has 15 heavy (non-hydrogen) atoms. The van der Waals surface area contributed by atoms with E-state index >= 15 is 0 Å². The molecule has 0 aromatic carbocycles. The van der Waals surface area contributed by atoms with Crippen LogP contribution in [0.2, 0.25) is 0 Å². The smallest absolute Gasteiger partial charge is 0.223 e. The Balaban J connectivity index is 1.98. The van der Waals surface area contributed by atoms with Crippen molar-refractivity contribution in [3.05, 3.63) is 11.7 Å². The molecule has 5 nitrogen and oxygen atoms in total.